The highest BCUT2D eigenvalue weighted by atomic mass is 16.3. The predicted molar refractivity (Wildman–Crippen MR) is 84.9 cm³/mol. The summed E-state index contributed by atoms with van der Waals surface area (Å²) in [6.45, 7) is 7.43. The average Bonchev–Trinajstić information content (AvgIpc) is 3.19. The van der Waals surface area contributed by atoms with E-state index in [2.05, 4.69) is 24.1 Å². The van der Waals surface area contributed by atoms with Crippen molar-refractivity contribution in [1.29, 1.82) is 0 Å². The van der Waals surface area contributed by atoms with Crippen LogP contribution in [0.2, 0.25) is 0 Å². The van der Waals surface area contributed by atoms with Crippen LogP contribution in [-0.4, -0.2) is 48.3 Å². The number of rotatable bonds is 9. The Morgan fingerprint density at radius 1 is 1.25 bits per heavy atom. The van der Waals surface area contributed by atoms with Crippen molar-refractivity contribution in [3.8, 4) is 0 Å². The molecule has 2 rings (SSSR count). The monoisotopic (exact) mass is 282 g/mol. The van der Waals surface area contributed by atoms with Gasteiger partial charge in [-0.15, -0.1) is 0 Å². The molecule has 0 heterocycles. The highest BCUT2D eigenvalue weighted by Gasteiger charge is 2.41. The number of nitrogens with one attached hydrogen (secondary N) is 1. The minimum Gasteiger partial charge on any atom is -0.394 e. The minimum absolute atomic E-state index is 0.00721. The van der Waals surface area contributed by atoms with E-state index in [1.807, 2.05) is 7.05 Å². The Bertz CT molecular complexity index is 285. The van der Waals surface area contributed by atoms with Gasteiger partial charge in [-0.1, -0.05) is 20.3 Å². The number of aliphatic hydroxyl groups is 1. The molecule has 0 aromatic heterocycles. The zero-order valence-corrected chi connectivity index (χ0v) is 13.7. The van der Waals surface area contributed by atoms with E-state index in [4.69, 9.17) is 0 Å². The Balaban J connectivity index is 1.82. The van der Waals surface area contributed by atoms with Crippen molar-refractivity contribution in [3.05, 3.63) is 0 Å². The van der Waals surface area contributed by atoms with Crippen molar-refractivity contribution in [2.45, 2.75) is 70.4 Å². The Hall–Kier alpha value is -0.120. The first-order chi connectivity index (χ1) is 9.61. The van der Waals surface area contributed by atoms with E-state index < -0.39 is 0 Å². The Kier molecular flexibility index (Phi) is 5.88. The first kappa shape index (κ1) is 16.3. The highest BCUT2D eigenvalue weighted by molar-refractivity contribution is 4.98. The van der Waals surface area contributed by atoms with Crippen LogP contribution in [0.3, 0.4) is 0 Å². The number of hydrogen-bond acceptors (Lipinski definition) is 3. The van der Waals surface area contributed by atoms with Gasteiger partial charge < -0.3 is 15.3 Å². The predicted octanol–water partition coefficient (Wildman–Crippen LogP) is 2.64. The van der Waals surface area contributed by atoms with E-state index in [-0.39, 0.29) is 5.54 Å². The van der Waals surface area contributed by atoms with Gasteiger partial charge in [-0.3, -0.25) is 0 Å². The van der Waals surface area contributed by atoms with Crippen molar-refractivity contribution in [2.24, 2.45) is 11.8 Å². The lowest BCUT2D eigenvalue weighted by Gasteiger charge is -2.35. The quantitative estimate of drug-likeness (QED) is 0.682. The molecule has 0 aromatic carbocycles. The van der Waals surface area contributed by atoms with Gasteiger partial charge in [-0.2, -0.15) is 0 Å². The van der Waals surface area contributed by atoms with Crippen molar-refractivity contribution < 1.29 is 5.11 Å². The fraction of sp³-hybridized carbons (Fsp3) is 1.00. The van der Waals surface area contributed by atoms with Gasteiger partial charge in [0.2, 0.25) is 0 Å². The molecule has 0 aromatic rings. The molecule has 2 unspecified atom stereocenters. The second-order valence-corrected chi connectivity index (χ2v) is 7.39. The molecular formula is C17H34N2O. The second-order valence-electron chi connectivity index (χ2n) is 7.39. The standard InChI is InChI=1S/C17H34N2O/c1-14(2)8-11-19(16-6-7-16)12-9-15-5-4-10-17(15,13-20)18-3/h14-16,18,20H,4-13H2,1-3H3. The van der Waals surface area contributed by atoms with E-state index >= 15 is 0 Å². The maximum Gasteiger partial charge on any atom is 0.0615 e. The fourth-order valence-corrected chi connectivity index (χ4v) is 3.84. The Morgan fingerprint density at radius 2 is 2.00 bits per heavy atom. The van der Waals surface area contributed by atoms with Gasteiger partial charge in [-0.25, -0.2) is 0 Å². The number of likely N-dealkylation sites (N-methyl/N-ethyl adjacent to an activating group) is 1. The van der Waals surface area contributed by atoms with Gasteiger partial charge in [-0.05, 0) is 70.5 Å². The molecule has 0 saturated heterocycles. The maximum absolute atomic E-state index is 9.77. The van der Waals surface area contributed by atoms with Gasteiger partial charge in [0.1, 0.15) is 0 Å². The van der Waals surface area contributed by atoms with Crippen molar-refractivity contribution in [2.75, 3.05) is 26.7 Å². The average molecular weight is 282 g/mol. The lowest BCUT2D eigenvalue weighted by atomic mass is 9.85. The van der Waals surface area contributed by atoms with Crippen molar-refractivity contribution >= 4 is 0 Å². The molecule has 3 heteroatoms. The lowest BCUT2D eigenvalue weighted by molar-refractivity contribution is 0.116. The number of aliphatic hydroxyl groups excluding tert-OH is 1. The molecule has 3 nitrogen and oxygen atoms in total. The van der Waals surface area contributed by atoms with Crippen LogP contribution in [0.4, 0.5) is 0 Å². The third-order valence-corrected chi connectivity index (χ3v) is 5.56. The topological polar surface area (TPSA) is 35.5 Å². The minimum atomic E-state index is 0.00721. The van der Waals surface area contributed by atoms with Gasteiger partial charge >= 0.3 is 0 Å². The Morgan fingerprint density at radius 3 is 2.55 bits per heavy atom. The molecule has 2 aliphatic rings. The molecule has 2 aliphatic carbocycles. The smallest absolute Gasteiger partial charge is 0.0615 e. The van der Waals surface area contributed by atoms with E-state index in [9.17, 15) is 5.11 Å². The molecule has 118 valence electrons. The summed E-state index contributed by atoms with van der Waals surface area (Å²) in [7, 11) is 2.02. The third kappa shape index (κ3) is 3.96. The largest absolute Gasteiger partial charge is 0.394 e. The first-order valence-corrected chi connectivity index (χ1v) is 8.65. The second kappa shape index (κ2) is 7.24. The maximum atomic E-state index is 9.77. The molecule has 0 amide bonds. The summed E-state index contributed by atoms with van der Waals surface area (Å²) in [5, 5.41) is 13.2. The summed E-state index contributed by atoms with van der Waals surface area (Å²) in [6, 6.07) is 0.869. The number of nitrogens with zero attached hydrogens (tertiary/aromatic N) is 1. The van der Waals surface area contributed by atoms with Crippen molar-refractivity contribution in [1.82, 2.24) is 10.2 Å². The molecule has 0 radical (unpaired) electrons. The normalized spacial score (nSPS) is 30.6. The van der Waals surface area contributed by atoms with Crippen LogP contribution in [0.25, 0.3) is 0 Å². The molecule has 2 saturated carbocycles. The van der Waals surface area contributed by atoms with E-state index in [1.165, 1.54) is 51.6 Å². The zero-order chi connectivity index (χ0) is 14.6. The molecule has 2 atom stereocenters. The summed E-state index contributed by atoms with van der Waals surface area (Å²) in [6.07, 6.45) is 9.06. The third-order valence-electron chi connectivity index (χ3n) is 5.56. The van der Waals surface area contributed by atoms with Gasteiger partial charge in [0.15, 0.2) is 0 Å². The lowest BCUT2D eigenvalue weighted by Crippen LogP contribution is -2.50. The molecule has 2 N–H and O–H groups in total. The van der Waals surface area contributed by atoms with E-state index in [1.54, 1.807) is 0 Å². The molecule has 2 fully saturated rings. The van der Waals surface area contributed by atoms with Crippen LogP contribution in [0, 0.1) is 11.8 Å². The highest BCUT2D eigenvalue weighted by Crippen LogP contribution is 2.38. The van der Waals surface area contributed by atoms with Crippen molar-refractivity contribution in [3.63, 3.8) is 0 Å². The van der Waals surface area contributed by atoms with E-state index in [0.717, 1.165) is 18.4 Å². The van der Waals surface area contributed by atoms with E-state index in [0.29, 0.717) is 12.5 Å². The molecule has 0 spiro atoms. The molecule has 20 heavy (non-hydrogen) atoms. The van der Waals surface area contributed by atoms with Crippen LogP contribution < -0.4 is 5.32 Å². The van der Waals surface area contributed by atoms with Crippen LogP contribution in [0.15, 0.2) is 0 Å². The van der Waals surface area contributed by atoms with Crippen LogP contribution in [-0.2, 0) is 0 Å². The van der Waals surface area contributed by atoms with Crippen LogP contribution in [0.5, 0.6) is 0 Å². The molecular weight excluding hydrogens is 248 g/mol. The van der Waals surface area contributed by atoms with Gasteiger partial charge in [0, 0.05) is 11.6 Å². The first-order valence-electron chi connectivity index (χ1n) is 8.65. The van der Waals surface area contributed by atoms with Crippen LogP contribution >= 0.6 is 0 Å². The van der Waals surface area contributed by atoms with Crippen LogP contribution in [0.1, 0.15) is 58.8 Å². The van der Waals surface area contributed by atoms with Gasteiger partial charge in [0.25, 0.3) is 0 Å². The Labute approximate surface area is 125 Å². The van der Waals surface area contributed by atoms with Gasteiger partial charge in [0.05, 0.1) is 6.61 Å². The summed E-state index contributed by atoms with van der Waals surface area (Å²) >= 11 is 0. The SMILES string of the molecule is CNC1(CO)CCCC1CCN(CCC(C)C)C1CC1. The summed E-state index contributed by atoms with van der Waals surface area (Å²) in [5.41, 5.74) is 0.00721. The molecule has 0 bridgehead atoms. The number of hydrogen-bond donors (Lipinski definition) is 2. The molecule has 0 aliphatic heterocycles. The summed E-state index contributed by atoms with van der Waals surface area (Å²) < 4.78 is 0. The summed E-state index contributed by atoms with van der Waals surface area (Å²) in [5.74, 6) is 1.45. The zero-order valence-electron chi connectivity index (χ0n) is 13.7. The fourth-order valence-electron chi connectivity index (χ4n) is 3.84. The summed E-state index contributed by atoms with van der Waals surface area (Å²) in [4.78, 5) is 2.72.